The number of fused-ring (bicyclic) bond motifs is 1. The Morgan fingerprint density at radius 3 is 2.68 bits per heavy atom. The van der Waals surface area contributed by atoms with Crippen LogP contribution < -0.4 is 5.32 Å². The molecule has 2 atom stereocenters. The molecule has 164 valence electrons. The number of nitrogens with zero attached hydrogens (tertiary/aromatic N) is 1. The van der Waals surface area contributed by atoms with E-state index < -0.39 is 9.84 Å². The summed E-state index contributed by atoms with van der Waals surface area (Å²) in [6, 6.07) is 10.3. The van der Waals surface area contributed by atoms with Crippen molar-refractivity contribution < 1.29 is 17.6 Å². The molecule has 0 spiro atoms. The topological polar surface area (TPSA) is 89.3 Å². The van der Waals surface area contributed by atoms with Crippen molar-refractivity contribution in [2.75, 3.05) is 0 Å². The van der Waals surface area contributed by atoms with Crippen molar-refractivity contribution in [3.63, 3.8) is 0 Å². The summed E-state index contributed by atoms with van der Waals surface area (Å²) < 4.78 is 31.8. The first kappa shape index (κ1) is 21.6. The number of hydrogen-bond acceptors (Lipinski definition) is 5. The lowest BCUT2D eigenvalue weighted by molar-refractivity contribution is 0.0925. The Morgan fingerprint density at radius 1 is 1.19 bits per heavy atom. The number of hydrogen-bond donors (Lipinski definition) is 1. The van der Waals surface area contributed by atoms with E-state index in [9.17, 15) is 13.2 Å². The number of amides is 1. The Balaban J connectivity index is 1.40. The van der Waals surface area contributed by atoms with Crippen LogP contribution in [0.3, 0.4) is 0 Å². The summed E-state index contributed by atoms with van der Waals surface area (Å²) in [7, 11) is -3.34. The molecule has 0 saturated heterocycles. The van der Waals surface area contributed by atoms with Crippen LogP contribution in [0.4, 0.5) is 0 Å². The Hall–Kier alpha value is -2.67. The predicted molar refractivity (Wildman–Crippen MR) is 119 cm³/mol. The van der Waals surface area contributed by atoms with Crippen LogP contribution in [-0.4, -0.2) is 24.6 Å². The van der Waals surface area contributed by atoms with Crippen LogP contribution in [0.2, 0.25) is 0 Å². The Kier molecular flexibility index (Phi) is 6.14. The minimum atomic E-state index is -3.34. The molecule has 0 aliphatic heterocycles. The van der Waals surface area contributed by atoms with Gasteiger partial charge >= 0.3 is 0 Å². The van der Waals surface area contributed by atoms with E-state index in [1.165, 1.54) is 0 Å². The maximum atomic E-state index is 13.1. The highest BCUT2D eigenvalue weighted by atomic mass is 32.2. The lowest BCUT2D eigenvalue weighted by atomic mass is 9.81. The SMILES string of the molecule is CC(C)C1CCCC(S(=O)(=O)c2ccc(CNC(=O)c3cc4ccncc4o3)cc2)C1. The second-order valence-electron chi connectivity index (χ2n) is 8.69. The number of pyridine rings is 1. The first-order valence-corrected chi connectivity index (χ1v) is 12.3. The van der Waals surface area contributed by atoms with Gasteiger partial charge in [0.2, 0.25) is 0 Å². The Labute approximate surface area is 183 Å². The maximum Gasteiger partial charge on any atom is 0.287 e. The van der Waals surface area contributed by atoms with Gasteiger partial charge in [-0.1, -0.05) is 38.8 Å². The molecule has 2 aromatic heterocycles. The van der Waals surface area contributed by atoms with Crippen LogP contribution in [0.15, 0.2) is 58.1 Å². The van der Waals surface area contributed by atoms with E-state index in [2.05, 4.69) is 24.1 Å². The minimum Gasteiger partial charge on any atom is -0.449 e. The fourth-order valence-corrected chi connectivity index (χ4v) is 6.20. The highest BCUT2D eigenvalue weighted by molar-refractivity contribution is 7.92. The third kappa shape index (κ3) is 4.66. The Bertz CT molecular complexity index is 1130. The van der Waals surface area contributed by atoms with Crippen molar-refractivity contribution in [3.8, 4) is 0 Å². The first-order valence-electron chi connectivity index (χ1n) is 10.8. The molecular weight excluding hydrogens is 412 g/mol. The molecule has 31 heavy (non-hydrogen) atoms. The number of carbonyl (C=O) groups is 1. The summed E-state index contributed by atoms with van der Waals surface area (Å²) in [5, 5.41) is 3.33. The molecule has 0 bridgehead atoms. The molecule has 1 fully saturated rings. The predicted octanol–water partition coefficient (Wildman–Crippen LogP) is 4.75. The molecule has 4 rings (SSSR count). The van der Waals surface area contributed by atoms with Gasteiger partial charge in [-0.25, -0.2) is 8.42 Å². The summed E-state index contributed by atoms with van der Waals surface area (Å²) in [4.78, 5) is 16.7. The van der Waals surface area contributed by atoms with Crippen LogP contribution in [0.5, 0.6) is 0 Å². The highest BCUT2D eigenvalue weighted by Gasteiger charge is 2.33. The van der Waals surface area contributed by atoms with Crippen molar-refractivity contribution in [2.45, 2.75) is 56.2 Å². The van der Waals surface area contributed by atoms with Gasteiger partial charge in [0.1, 0.15) is 0 Å². The van der Waals surface area contributed by atoms with Gasteiger partial charge in [0.25, 0.3) is 5.91 Å². The van der Waals surface area contributed by atoms with E-state index >= 15 is 0 Å². The van der Waals surface area contributed by atoms with Crippen LogP contribution in [-0.2, 0) is 16.4 Å². The number of nitrogens with one attached hydrogen (secondary N) is 1. The van der Waals surface area contributed by atoms with Gasteiger partial charge < -0.3 is 9.73 Å². The van der Waals surface area contributed by atoms with Crippen molar-refractivity contribution in [1.29, 1.82) is 0 Å². The Morgan fingerprint density at radius 2 is 1.97 bits per heavy atom. The lowest BCUT2D eigenvalue weighted by Gasteiger charge is -2.31. The van der Waals surface area contributed by atoms with E-state index in [4.69, 9.17) is 4.42 Å². The first-order chi connectivity index (χ1) is 14.8. The van der Waals surface area contributed by atoms with Crippen molar-refractivity contribution in [3.05, 3.63) is 60.1 Å². The van der Waals surface area contributed by atoms with Gasteiger partial charge in [-0.3, -0.25) is 9.78 Å². The fourth-order valence-electron chi connectivity index (χ4n) is 4.32. The van der Waals surface area contributed by atoms with Crippen LogP contribution in [0.25, 0.3) is 11.0 Å². The van der Waals surface area contributed by atoms with Crippen molar-refractivity contribution in [1.82, 2.24) is 10.3 Å². The van der Waals surface area contributed by atoms with Crippen LogP contribution >= 0.6 is 0 Å². The van der Waals surface area contributed by atoms with E-state index in [0.717, 1.165) is 36.6 Å². The zero-order valence-electron chi connectivity index (χ0n) is 17.9. The normalized spacial score (nSPS) is 19.6. The number of furan rings is 1. The van der Waals surface area contributed by atoms with Gasteiger partial charge in [-0.15, -0.1) is 0 Å². The van der Waals surface area contributed by atoms with E-state index in [1.807, 2.05) is 0 Å². The molecule has 1 N–H and O–H groups in total. The quantitative estimate of drug-likeness (QED) is 0.598. The number of rotatable bonds is 6. The monoisotopic (exact) mass is 440 g/mol. The molecule has 1 aliphatic carbocycles. The molecule has 1 amide bonds. The summed E-state index contributed by atoms with van der Waals surface area (Å²) in [6.07, 6.45) is 6.77. The lowest BCUT2D eigenvalue weighted by Crippen LogP contribution is -2.30. The molecule has 0 radical (unpaired) electrons. The highest BCUT2D eigenvalue weighted by Crippen LogP contribution is 2.35. The largest absolute Gasteiger partial charge is 0.449 e. The molecular formula is C24H28N2O4S. The summed E-state index contributed by atoms with van der Waals surface area (Å²) in [6.45, 7) is 4.63. The maximum absolute atomic E-state index is 13.1. The third-order valence-electron chi connectivity index (χ3n) is 6.30. The summed E-state index contributed by atoms with van der Waals surface area (Å²) in [5.74, 6) is 0.873. The zero-order valence-corrected chi connectivity index (χ0v) is 18.7. The molecule has 2 unspecified atom stereocenters. The molecule has 1 aliphatic rings. The summed E-state index contributed by atoms with van der Waals surface area (Å²) in [5.41, 5.74) is 1.39. The second kappa shape index (κ2) is 8.83. The van der Waals surface area contributed by atoms with Crippen molar-refractivity contribution >= 4 is 26.7 Å². The van der Waals surface area contributed by atoms with E-state index in [-0.39, 0.29) is 23.5 Å². The second-order valence-corrected chi connectivity index (χ2v) is 10.9. The third-order valence-corrected chi connectivity index (χ3v) is 8.54. The fraction of sp³-hybridized carbons (Fsp3) is 0.417. The van der Waals surface area contributed by atoms with Crippen LogP contribution in [0, 0.1) is 11.8 Å². The zero-order chi connectivity index (χ0) is 22.0. The van der Waals surface area contributed by atoms with Gasteiger partial charge in [-0.2, -0.15) is 0 Å². The van der Waals surface area contributed by atoms with Gasteiger partial charge in [0.05, 0.1) is 16.3 Å². The van der Waals surface area contributed by atoms with Gasteiger partial charge in [-0.05, 0) is 54.5 Å². The van der Waals surface area contributed by atoms with Gasteiger partial charge in [0, 0.05) is 18.1 Å². The smallest absolute Gasteiger partial charge is 0.287 e. The standard InChI is InChI=1S/C24H28N2O4S/c1-16(2)18-4-3-5-21(12-18)31(28,29)20-8-6-17(7-9-20)14-26-24(27)22-13-19-10-11-25-15-23(19)30-22/h6-11,13,15-16,18,21H,3-5,12,14H2,1-2H3,(H,26,27). The van der Waals surface area contributed by atoms with Gasteiger partial charge in [0.15, 0.2) is 21.2 Å². The van der Waals surface area contributed by atoms with E-state index in [0.29, 0.717) is 22.3 Å². The average Bonchev–Trinajstić information content (AvgIpc) is 3.22. The molecule has 3 aromatic rings. The minimum absolute atomic E-state index is 0.221. The molecule has 2 heterocycles. The number of aromatic nitrogens is 1. The van der Waals surface area contributed by atoms with E-state index in [1.54, 1.807) is 48.8 Å². The average molecular weight is 441 g/mol. The molecule has 7 heteroatoms. The van der Waals surface area contributed by atoms with Crippen LogP contribution in [0.1, 0.15) is 55.6 Å². The molecule has 1 saturated carbocycles. The number of benzene rings is 1. The summed E-state index contributed by atoms with van der Waals surface area (Å²) >= 11 is 0. The number of sulfone groups is 1. The van der Waals surface area contributed by atoms with Crippen molar-refractivity contribution in [2.24, 2.45) is 11.8 Å². The molecule has 6 nitrogen and oxygen atoms in total. The molecule has 1 aromatic carbocycles. The number of carbonyl (C=O) groups excluding carboxylic acids is 1.